The molecular weight excluding hydrogens is 344 g/mol. The van der Waals surface area contributed by atoms with Crippen molar-refractivity contribution in [3.05, 3.63) is 51.2 Å². The first-order chi connectivity index (χ1) is 9.51. The van der Waals surface area contributed by atoms with E-state index in [1.807, 2.05) is 6.92 Å². The summed E-state index contributed by atoms with van der Waals surface area (Å²) >= 11 is 9.42. The molecule has 0 saturated heterocycles. The molecule has 0 bridgehead atoms. The van der Waals surface area contributed by atoms with Gasteiger partial charge in [0.1, 0.15) is 5.75 Å². The highest BCUT2D eigenvalue weighted by Gasteiger charge is 2.13. The van der Waals surface area contributed by atoms with Gasteiger partial charge in [-0.05, 0) is 41.1 Å². The fourth-order valence-electron chi connectivity index (χ4n) is 1.61. The van der Waals surface area contributed by atoms with Crippen molar-refractivity contribution < 1.29 is 9.53 Å². The van der Waals surface area contributed by atoms with Crippen molar-refractivity contribution in [3.8, 4) is 5.75 Å². The van der Waals surface area contributed by atoms with Crippen molar-refractivity contribution in [1.29, 1.82) is 0 Å². The third-order valence-electron chi connectivity index (χ3n) is 2.66. The molecule has 1 heterocycles. The van der Waals surface area contributed by atoms with Crippen LogP contribution in [0.3, 0.4) is 0 Å². The Bertz CT molecular complexity index is 662. The van der Waals surface area contributed by atoms with Gasteiger partial charge in [0.2, 0.25) is 0 Å². The van der Waals surface area contributed by atoms with Crippen LogP contribution in [0.4, 0.5) is 5.69 Å². The zero-order valence-corrected chi connectivity index (χ0v) is 13.2. The molecule has 0 atom stereocenters. The number of anilines is 1. The maximum absolute atomic E-state index is 12.2. The summed E-state index contributed by atoms with van der Waals surface area (Å²) in [7, 11) is 1.57. The van der Waals surface area contributed by atoms with Gasteiger partial charge in [0, 0.05) is 22.4 Å². The fourth-order valence-corrected chi connectivity index (χ4v) is 2.25. The molecule has 0 unspecified atom stereocenters. The summed E-state index contributed by atoms with van der Waals surface area (Å²) in [4.78, 5) is 16.3. The van der Waals surface area contributed by atoms with Gasteiger partial charge in [0.05, 0.1) is 23.4 Å². The highest BCUT2D eigenvalue weighted by Crippen LogP contribution is 2.28. The number of amides is 1. The molecule has 20 heavy (non-hydrogen) atoms. The molecule has 4 nitrogen and oxygen atoms in total. The lowest BCUT2D eigenvalue weighted by Gasteiger charge is -2.10. The first-order valence-corrected chi connectivity index (χ1v) is 6.95. The van der Waals surface area contributed by atoms with Gasteiger partial charge in [-0.3, -0.25) is 9.78 Å². The molecular formula is C14H12BrClN2O2. The predicted octanol–water partition coefficient (Wildman–Crippen LogP) is 4.07. The van der Waals surface area contributed by atoms with Gasteiger partial charge in [-0.15, -0.1) is 0 Å². The molecule has 0 aliphatic rings. The minimum Gasteiger partial charge on any atom is -0.497 e. The molecule has 1 aromatic carbocycles. The monoisotopic (exact) mass is 354 g/mol. The minimum absolute atomic E-state index is 0.323. The molecule has 0 saturated carbocycles. The van der Waals surface area contributed by atoms with E-state index in [1.54, 1.807) is 31.4 Å². The number of ether oxygens (including phenoxy) is 1. The second-order valence-electron chi connectivity index (χ2n) is 4.11. The normalized spacial score (nSPS) is 10.2. The number of halogens is 2. The van der Waals surface area contributed by atoms with Crippen molar-refractivity contribution in [1.82, 2.24) is 4.98 Å². The molecule has 0 aliphatic carbocycles. The number of nitrogens with zero attached hydrogens (tertiary/aromatic N) is 1. The Balaban J connectivity index is 2.27. The third kappa shape index (κ3) is 3.29. The Kier molecular flexibility index (Phi) is 4.62. The molecule has 2 rings (SSSR count). The maximum atomic E-state index is 12.2. The summed E-state index contributed by atoms with van der Waals surface area (Å²) in [6.45, 7) is 1.81. The topological polar surface area (TPSA) is 51.2 Å². The number of hydrogen-bond acceptors (Lipinski definition) is 3. The highest BCUT2D eigenvalue weighted by atomic mass is 79.9. The van der Waals surface area contributed by atoms with E-state index in [0.717, 1.165) is 10.2 Å². The Labute approximate surface area is 130 Å². The number of aromatic nitrogens is 1. The van der Waals surface area contributed by atoms with E-state index < -0.39 is 0 Å². The fraction of sp³-hybridized carbons (Fsp3) is 0.143. The molecule has 1 amide bonds. The van der Waals surface area contributed by atoms with Crippen LogP contribution in [0.5, 0.6) is 5.75 Å². The number of rotatable bonds is 3. The van der Waals surface area contributed by atoms with Crippen LogP contribution in [0.1, 0.15) is 16.1 Å². The van der Waals surface area contributed by atoms with Crippen LogP contribution in [0.15, 0.2) is 34.9 Å². The lowest BCUT2D eigenvalue weighted by molar-refractivity contribution is 0.102. The smallest absolute Gasteiger partial charge is 0.258 e. The summed E-state index contributed by atoms with van der Waals surface area (Å²) in [6, 6.07) is 6.96. The van der Waals surface area contributed by atoms with Gasteiger partial charge in [0.25, 0.3) is 5.91 Å². The molecule has 0 fully saturated rings. The molecule has 104 valence electrons. The van der Waals surface area contributed by atoms with Gasteiger partial charge in [-0.1, -0.05) is 11.6 Å². The SMILES string of the molecule is COc1ccc(Br)c(NC(=O)c2cnc(C)cc2Cl)c1. The second-order valence-corrected chi connectivity index (χ2v) is 5.37. The molecule has 2 aromatic rings. The van der Waals surface area contributed by atoms with Gasteiger partial charge in [-0.2, -0.15) is 0 Å². The number of benzene rings is 1. The summed E-state index contributed by atoms with van der Waals surface area (Å²) in [5.41, 5.74) is 1.69. The molecule has 1 N–H and O–H groups in total. The number of pyridine rings is 1. The van der Waals surface area contributed by atoms with Crippen LogP contribution in [0.25, 0.3) is 0 Å². The van der Waals surface area contributed by atoms with Crippen molar-refractivity contribution in [2.75, 3.05) is 12.4 Å². The number of aryl methyl sites for hydroxylation is 1. The highest BCUT2D eigenvalue weighted by molar-refractivity contribution is 9.10. The van der Waals surface area contributed by atoms with Crippen molar-refractivity contribution in [2.45, 2.75) is 6.92 Å². The van der Waals surface area contributed by atoms with Crippen molar-refractivity contribution in [3.63, 3.8) is 0 Å². The van der Waals surface area contributed by atoms with Crippen molar-refractivity contribution >= 4 is 39.1 Å². The molecule has 0 aliphatic heterocycles. The third-order valence-corrected chi connectivity index (χ3v) is 3.66. The number of hydrogen-bond donors (Lipinski definition) is 1. The quantitative estimate of drug-likeness (QED) is 0.903. The molecule has 6 heteroatoms. The van der Waals surface area contributed by atoms with Crippen LogP contribution in [0.2, 0.25) is 5.02 Å². The van der Waals surface area contributed by atoms with E-state index in [1.165, 1.54) is 6.20 Å². The number of nitrogens with one attached hydrogen (secondary N) is 1. The standard InChI is InChI=1S/C14H12BrClN2O2/c1-8-5-12(16)10(7-17-8)14(19)18-13-6-9(20-2)3-4-11(13)15/h3-7H,1-2H3,(H,18,19). The van der Waals surface area contributed by atoms with E-state index in [9.17, 15) is 4.79 Å². The summed E-state index contributed by atoms with van der Waals surface area (Å²) < 4.78 is 5.88. The maximum Gasteiger partial charge on any atom is 0.258 e. The minimum atomic E-state index is -0.323. The predicted molar refractivity (Wildman–Crippen MR) is 82.6 cm³/mol. The first kappa shape index (κ1) is 14.8. The van der Waals surface area contributed by atoms with E-state index in [0.29, 0.717) is 22.0 Å². The zero-order chi connectivity index (χ0) is 14.7. The molecule has 1 aromatic heterocycles. The average molecular weight is 356 g/mol. The number of methoxy groups -OCH3 is 1. The van der Waals surface area contributed by atoms with E-state index in [-0.39, 0.29) is 5.91 Å². The average Bonchev–Trinajstić information content (AvgIpc) is 2.41. The second kappa shape index (κ2) is 6.24. The Morgan fingerprint density at radius 2 is 2.15 bits per heavy atom. The van der Waals surface area contributed by atoms with Crippen LogP contribution < -0.4 is 10.1 Å². The molecule has 0 radical (unpaired) electrons. The Morgan fingerprint density at radius 1 is 1.40 bits per heavy atom. The summed E-state index contributed by atoms with van der Waals surface area (Å²) in [5, 5.41) is 3.14. The number of carbonyl (C=O) groups excluding carboxylic acids is 1. The van der Waals surface area contributed by atoms with Crippen molar-refractivity contribution in [2.24, 2.45) is 0 Å². The van der Waals surface area contributed by atoms with Crippen LogP contribution in [-0.4, -0.2) is 18.0 Å². The van der Waals surface area contributed by atoms with Crippen LogP contribution in [-0.2, 0) is 0 Å². The van der Waals surface area contributed by atoms with Crippen LogP contribution >= 0.6 is 27.5 Å². The summed E-state index contributed by atoms with van der Waals surface area (Å²) in [6.07, 6.45) is 1.46. The van der Waals surface area contributed by atoms with Gasteiger partial charge in [-0.25, -0.2) is 0 Å². The largest absolute Gasteiger partial charge is 0.497 e. The van der Waals surface area contributed by atoms with E-state index in [2.05, 4.69) is 26.2 Å². The van der Waals surface area contributed by atoms with Gasteiger partial charge >= 0.3 is 0 Å². The summed E-state index contributed by atoms with van der Waals surface area (Å²) in [5.74, 6) is 0.327. The Hall–Kier alpha value is -1.59. The lowest BCUT2D eigenvalue weighted by Crippen LogP contribution is -2.13. The van der Waals surface area contributed by atoms with E-state index >= 15 is 0 Å². The van der Waals surface area contributed by atoms with Gasteiger partial charge < -0.3 is 10.1 Å². The lowest BCUT2D eigenvalue weighted by atomic mass is 10.2. The number of carbonyl (C=O) groups is 1. The Morgan fingerprint density at radius 3 is 2.80 bits per heavy atom. The van der Waals surface area contributed by atoms with Gasteiger partial charge in [0.15, 0.2) is 0 Å². The van der Waals surface area contributed by atoms with E-state index in [4.69, 9.17) is 16.3 Å². The molecule has 0 spiro atoms. The van der Waals surface area contributed by atoms with Crippen LogP contribution in [0, 0.1) is 6.92 Å². The zero-order valence-electron chi connectivity index (χ0n) is 10.9. The first-order valence-electron chi connectivity index (χ1n) is 5.78.